The van der Waals surface area contributed by atoms with Crippen LogP contribution in [0.4, 0.5) is 8.78 Å². The number of hydrogen-bond acceptors (Lipinski definition) is 1. The van der Waals surface area contributed by atoms with Gasteiger partial charge in [-0.25, -0.2) is 8.78 Å². The maximum Gasteiger partial charge on any atom is 0.271 e. The van der Waals surface area contributed by atoms with Crippen molar-refractivity contribution >= 4 is 0 Å². The van der Waals surface area contributed by atoms with Crippen LogP contribution in [0.25, 0.3) is 0 Å². The Kier molecular flexibility index (Phi) is 1.81. The number of alkyl halides is 2. The Bertz CT molecular complexity index is 253. The molecule has 0 unspecified atom stereocenters. The molecule has 0 aliphatic rings. The summed E-state index contributed by atoms with van der Waals surface area (Å²) in [7, 11) is 0. The van der Waals surface area contributed by atoms with E-state index in [0.29, 0.717) is 0 Å². The van der Waals surface area contributed by atoms with Gasteiger partial charge >= 0.3 is 0 Å². The summed E-state index contributed by atoms with van der Waals surface area (Å²) in [5.41, 5.74) is -0.294. The third-order valence-electron chi connectivity index (χ3n) is 1.25. The average molecular weight is 157 g/mol. The molecule has 0 aliphatic carbocycles. The molecule has 0 aromatic heterocycles. The van der Waals surface area contributed by atoms with E-state index in [0.717, 1.165) is 6.92 Å². The maximum atomic E-state index is 12.5. The molecule has 0 spiro atoms. The highest BCUT2D eigenvalue weighted by Crippen LogP contribution is 2.27. The third kappa shape index (κ3) is 1.90. The van der Waals surface area contributed by atoms with Gasteiger partial charge in [-0.15, -0.1) is 0 Å². The van der Waals surface area contributed by atoms with E-state index in [-0.39, 0.29) is 11.3 Å². The van der Waals surface area contributed by atoms with E-state index >= 15 is 0 Å². The molecule has 0 heterocycles. The van der Waals surface area contributed by atoms with E-state index in [9.17, 15) is 8.78 Å². The number of aromatic hydroxyl groups is 1. The molecular formula is C8H7F2O. The Hall–Kier alpha value is -1.12. The maximum absolute atomic E-state index is 12.5. The zero-order valence-corrected chi connectivity index (χ0v) is 5.94. The molecule has 11 heavy (non-hydrogen) atoms. The zero-order chi connectivity index (χ0) is 8.48. The van der Waals surface area contributed by atoms with E-state index in [2.05, 4.69) is 6.07 Å². The normalized spacial score (nSPS) is 11.5. The molecule has 59 valence electrons. The van der Waals surface area contributed by atoms with Crippen molar-refractivity contribution in [2.24, 2.45) is 0 Å². The number of halogens is 2. The van der Waals surface area contributed by atoms with E-state index in [1.165, 1.54) is 18.2 Å². The fraction of sp³-hybridized carbons (Fsp3) is 0.250. The van der Waals surface area contributed by atoms with Gasteiger partial charge in [0.05, 0.1) is 0 Å². The Morgan fingerprint density at radius 1 is 1.45 bits per heavy atom. The van der Waals surface area contributed by atoms with Crippen molar-refractivity contribution in [3.05, 3.63) is 29.8 Å². The quantitative estimate of drug-likeness (QED) is 0.663. The molecule has 0 atom stereocenters. The van der Waals surface area contributed by atoms with Crippen LogP contribution in [0.2, 0.25) is 0 Å². The molecule has 1 nitrogen and oxygen atoms in total. The van der Waals surface area contributed by atoms with Gasteiger partial charge in [0.15, 0.2) is 0 Å². The second kappa shape index (κ2) is 2.49. The Balaban J connectivity index is 3.06. The summed E-state index contributed by atoms with van der Waals surface area (Å²) in [4.78, 5) is 0. The smallest absolute Gasteiger partial charge is 0.271 e. The van der Waals surface area contributed by atoms with Gasteiger partial charge in [-0.1, -0.05) is 12.1 Å². The van der Waals surface area contributed by atoms with Gasteiger partial charge in [0.25, 0.3) is 5.92 Å². The second-order valence-corrected chi connectivity index (χ2v) is 2.34. The van der Waals surface area contributed by atoms with Crippen molar-refractivity contribution in [2.45, 2.75) is 12.8 Å². The van der Waals surface area contributed by atoms with Crippen LogP contribution in [0.5, 0.6) is 5.75 Å². The lowest BCUT2D eigenvalue weighted by atomic mass is 10.1. The average Bonchev–Trinajstić information content (AvgIpc) is 1.86. The van der Waals surface area contributed by atoms with Crippen LogP contribution in [0.3, 0.4) is 0 Å². The van der Waals surface area contributed by atoms with E-state index in [1.807, 2.05) is 0 Å². The molecule has 1 radical (unpaired) electrons. The van der Waals surface area contributed by atoms with Gasteiger partial charge in [-0.2, -0.15) is 0 Å². The topological polar surface area (TPSA) is 20.2 Å². The SMILES string of the molecule is CC(F)(F)c1[c]c(O)ccc1. The third-order valence-corrected chi connectivity index (χ3v) is 1.25. The van der Waals surface area contributed by atoms with Gasteiger partial charge in [0.1, 0.15) is 5.75 Å². The molecule has 0 saturated heterocycles. The van der Waals surface area contributed by atoms with Crippen molar-refractivity contribution in [1.82, 2.24) is 0 Å². The lowest BCUT2D eigenvalue weighted by Gasteiger charge is -2.09. The van der Waals surface area contributed by atoms with Gasteiger partial charge < -0.3 is 5.11 Å². The van der Waals surface area contributed by atoms with E-state index in [4.69, 9.17) is 5.11 Å². The molecule has 0 amide bonds. The summed E-state index contributed by atoms with van der Waals surface area (Å²) in [6.45, 7) is 0.762. The zero-order valence-electron chi connectivity index (χ0n) is 5.94. The van der Waals surface area contributed by atoms with E-state index < -0.39 is 5.92 Å². The van der Waals surface area contributed by atoms with Crippen LogP contribution in [-0.2, 0) is 5.92 Å². The first-order valence-corrected chi connectivity index (χ1v) is 3.10. The first-order chi connectivity index (χ1) is 5.00. The van der Waals surface area contributed by atoms with Crippen molar-refractivity contribution in [3.63, 3.8) is 0 Å². The van der Waals surface area contributed by atoms with Crippen LogP contribution >= 0.6 is 0 Å². The summed E-state index contributed by atoms with van der Waals surface area (Å²) in [6.07, 6.45) is 0. The molecule has 0 bridgehead atoms. The van der Waals surface area contributed by atoms with E-state index in [1.54, 1.807) is 0 Å². The van der Waals surface area contributed by atoms with Gasteiger partial charge in [-0.05, 0) is 6.07 Å². The van der Waals surface area contributed by atoms with Crippen LogP contribution in [0.1, 0.15) is 12.5 Å². The number of phenols is 1. The van der Waals surface area contributed by atoms with Crippen molar-refractivity contribution in [3.8, 4) is 5.75 Å². The Morgan fingerprint density at radius 2 is 2.09 bits per heavy atom. The summed E-state index contributed by atoms with van der Waals surface area (Å²) >= 11 is 0. The van der Waals surface area contributed by atoms with Crippen LogP contribution < -0.4 is 0 Å². The number of phenolic OH excluding ortho intramolecular Hbond substituents is 1. The minimum Gasteiger partial charge on any atom is -0.507 e. The summed E-state index contributed by atoms with van der Waals surface area (Å²) in [5.74, 6) is -3.19. The number of rotatable bonds is 1. The molecular weight excluding hydrogens is 150 g/mol. The highest BCUT2D eigenvalue weighted by atomic mass is 19.3. The van der Waals surface area contributed by atoms with Gasteiger partial charge in [-0.3, -0.25) is 0 Å². The summed E-state index contributed by atoms with van der Waals surface area (Å²) in [6, 6.07) is 6.04. The van der Waals surface area contributed by atoms with Crippen molar-refractivity contribution in [1.29, 1.82) is 0 Å². The molecule has 0 aliphatic heterocycles. The van der Waals surface area contributed by atoms with Crippen LogP contribution in [0.15, 0.2) is 18.2 Å². The summed E-state index contributed by atoms with van der Waals surface area (Å²) < 4.78 is 25.0. The molecule has 0 saturated carbocycles. The molecule has 1 N–H and O–H groups in total. The minimum absolute atomic E-state index is 0.260. The standard InChI is InChI=1S/C8H7F2O/c1-8(9,10)6-3-2-4-7(11)5-6/h2-4,11H,1H3. The highest BCUT2D eigenvalue weighted by Gasteiger charge is 2.24. The molecule has 0 fully saturated rings. The lowest BCUT2D eigenvalue weighted by molar-refractivity contribution is 0.0169. The van der Waals surface area contributed by atoms with Gasteiger partial charge in [0, 0.05) is 18.6 Å². The first kappa shape index (κ1) is 7.98. The van der Waals surface area contributed by atoms with Gasteiger partial charge in [0.2, 0.25) is 0 Å². The minimum atomic E-state index is -2.93. The Morgan fingerprint density at radius 3 is 2.45 bits per heavy atom. The Labute approximate surface area is 63.3 Å². The first-order valence-electron chi connectivity index (χ1n) is 3.10. The fourth-order valence-electron chi connectivity index (χ4n) is 0.713. The monoisotopic (exact) mass is 157 g/mol. The van der Waals surface area contributed by atoms with Crippen molar-refractivity contribution in [2.75, 3.05) is 0 Å². The molecule has 1 rings (SSSR count). The molecule has 1 aromatic carbocycles. The largest absolute Gasteiger partial charge is 0.507 e. The number of hydrogen-bond donors (Lipinski definition) is 1. The fourth-order valence-corrected chi connectivity index (χ4v) is 0.713. The van der Waals surface area contributed by atoms with Crippen LogP contribution in [-0.4, -0.2) is 5.11 Å². The highest BCUT2D eigenvalue weighted by molar-refractivity contribution is 5.27. The molecule has 1 aromatic rings. The second-order valence-electron chi connectivity index (χ2n) is 2.34. The van der Waals surface area contributed by atoms with Crippen molar-refractivity contribution < 1.29 is 13.9 Å². The predicted octanol–water partition coefficient (Wildman–Crippen LogP) is 2.30. The lowest BCUT2D eigenvalue weighted by Crippen LogP contribution is -2.06. The van der Waals surface area contributed by atoms with Crippen LogP contribution in [0, 0.1) is 6.07 Å². The predicted molar refractivity (Wildman–Crippen MR) is 36.5 cm³/mol. The summed E-state index contributed by atoms with van der Waals surface area (Å²) in [5, 5.41) is 8.79. The number of benzene rings is 1. The molecule has 3 heteroatoms.